The SMILES string of the molecule is C=C/C=N\N(C)CC(CCC1(C)C=CC(C)=CC1)PC(=S)N1CCC(CCc2ccccc2)C1. The minimum Gasteiger partial charge on any atom is -0.363 e. The summed E-state index contributed by atoms with van der Waals surface area (Å²) in [7, 11) is 2.73. The zero-order valence-corrected chi connectivity index (χ0v) is 23.1. The molecule has 1 aliphatic heterocycles. The first-order valence-corrected chi connectivity index (χ1v) is 14.2. The summed E-state index contributed by atoms with van der Waals surface area (Å²) in [5.74, 6) is 0.752. The Hall–Kier alpha value is -1.77. The molecule has 0 aromatic heterocycles. The van der Waals surface area contributed by atoms with E-state index < -0.39 is 0 Å². The van der Waals surface area contributed by atoms with Crippen LogP contribution in [0.25, 0.3) is 0 Å². The van der Waals surface area contributed by atoms with Gasteiger partial charge >= 0.3 is 0 Å². The van der Waals surface area contributed by atoms with E-state index in [4.69, 9.17) is 12.2 Å². The second-order valence-electron chi connectivity index (χ2n) is 10.3. The lowest BCUT2D eigenvalue weighted by atomic mass is 9.78. The summed E-state index contributed by atoms with van der Waals surface area (Å²) in [6.07, 6.45) is 17.8. The normalized spacial score (nSPS) is 23.6. The Bertz CT molecular complexity index is 894. The lowest BCUT2D eigenvalue weighted by molar-refractivity contribution is 0.323. The number of hydrazone groups is 1. The van der Waals surface area contributed by atoms with Crippen LogP contribution in [0.4, 0.5) is 0 Å². The molecule has 34 heavy (non-hydrogen) atoms. The standard InChI is InChI=1S/C29H42N3PS/c1-5-20-30-31(4)23-27(15-19-29(3)17-13-24(2)14-18-29)33-28(34)32-21-16-26(22-32)12-11-25-9-7-6-8-10-25/h5-10,13-14,17,20,26-27,33H,1,11-12,15-16,18-19,21-23H2,2-4H3/b30-20-. The fourth-order valence-electron chi connectivity index (χ4n) is 4.82. The van der Waals surface area contributed by atoms with Crippen molar-refractivity contribution in [3.63, 3.8) is 0 Å². The molecule has 0 amide bonds. The molecule has 2 aliphatic rings. The van der Waals surface area contributed by atoms with Gasteiger partial charge in [-0.2, -0.15) is 5.10 Å². The second-order valence-corrected chi connectivity index (χ2v) is 12.6. The molecule has 1 aliphatic carbocycles. The van der Waals surface area contributed by atoms with Gasteiger partial charge in [-0.05, 0) is 68.4 Å². The minimum absolute atomic E-state index is 0.253. The van der Waals surface area contributed by atoms with Crippen LogP contribution in [0.3, 0.4) is 0 Å². The summed E-state index contributed by atoms with van der Waals surface area (Å²) >= 11 is 6.02. The number of rotatable bonds is 12. The molecule has 184 valence electrons. The molecule has 0 saturated carbocycles. The van der Waals surface area contributed by atoms with Crippen LogP contribution in [0.5, 0.6) is 0 Å². The highest BCUT2D eigenvalue weighted by Crippen LogP contribution is 2.38. The summed E-state index contributed by atoms with van der Waals surface area (Å²) in [5, 5.41) is 6.54. The third-order valence-corrected chi connectivity index (χ3v) is 9.20. The van der Waals surface area contributed by atoms with Crippen LogP contribution in [0.2, 0.25) is 0 Å². The van der Waals surface area contributed by atoms with Crippen molar-refractivity contribution in [2.45, 2.75) is 58.0 Å². The number of benzene rings is 1. The summed E-state index contributed by atoms with van der Waals surface area (Å²) in [6.45, 7) is 11.5. The van der Waals surface area contributed by atoms with Crippen LogP contribution in [0, 0.1) is 11.3 Å². The first-order chi connectivity index (χ1) is 16.4. The van der Waals surface area contributed by atoms with Crippen molar-refractivity contribution < 1.29 is 0 Å². The van der Waals surface area contributed by atoms with Gasteiger partial charge in [-0.15, -0.1) is 0 Å². The lowest BCUT2D eigenvalue weighted by Crippen LogP contribution is -2.30. The predicted molar refractivity (Wildman–Crippen MR) is 155 cm³/mol. The Labute approximate surface area is 214 Å². The fourth-order valence-corrected chi connectivity index (χ4v) is 6.87. The Kier molecular flexibility index (Phi) is 10.5. The van der Waals surface area contributed by atoms with E-state index >= 15 is 0 Å². The van der Waals surface area contributed by atoms with Crippen molar-refractivity contribution in [3.8, 4) is 0 Å². The molecule has 1 aromatic rings. The average molecular weight is 496 g/mol. The molecule has 4 atom stereocenters. The predicted octanol–water partition coefficient (Wildman–Crippen LogP) is 7.07. The number of thiocarbonyl (C=S) groups is 1. The van der Waals surface area contributed by atoms with Crippen molar-refractivity contribution in [1.82, 2.24) is 9.91 Å². The first kappa shape index (κ1) is 26.8. The van der Waals surface area contributed by atoms with E-state index in [2.05, 4.69) is 91.0 Å². The zero-order valence-electron chi connectivity index (χ0n) is 21.2. The highest BCUT2D eigenvalue weighted by Gasteiger charge is 2.28. The molecule has 0 bridgehead atoms. The molecule has 5 heteroatoms. The van der Waals surface area contributed by atoms with Crippen LogP contribution in [0.15, 0.2) is 71.9 Å². The maximum absolute atomic E-state index is 6.02. The largest absolute Gasteiger partial charge is 0.363 e. The molecular formula is C29H42N3PS. The molecule has 3 rings (SSSR count). The third kappa shape index (κ3) is 8.78. The van der Waals surface area contributed by atoms with E-state index in [1.807, 2.05) is 0 Å². The summed E-state index contributed by atoms with van der Waals surface area (Å²) in [5.41, 5.74) is 3.61. The lowest BCUT2D eigenvalue weighted by Gasteiger charge is -2.31. The highest BCUT2D eigenvalue weighted by atomic mass is 32.1. The van der Waals surface area contributed by atoms with E-state index in [0.29, 0.717) is 14.2 Å². The molecule has 0 radical (unpaired) electrons. The van der Waals surface area contributed by atoms with Crippen LogP contribution < -0.4 is 0 Å². The number of aryl methyl sites for hydroxylation is 1. The van der Waals surface area contributed by atoms with Crippen molar-refractivity contribution in [2.75, 3.05) is 26.7 Å². The first-order valence-electron chi connectivity index (χ1n) is 12.7. The molecule has 0 N–H and O–H groups in total. The number of nitrogens with zero attached hydrogens (tertiary/aromatic N) is 3. The van der Waals surface area contributed by atoms with Crippen molar-refractivity contribution in [3.05, 3.63) is 72.4 Å². The van der Waals surface area contributed by atoms with Gasteiger partial charge in [0.05, 0.1) is 4.73 Å². The topological polar surface area (TPSA) is 18.8 Å². The average Bonchev–Trinajstić information content (AvgIpc) is 3.32. The number of likely N-dealkylation sites (tertiary alicyclic amines) is 1. The molecule has 4 unspecified atom stereocenters. The van der Waals surface area contributed by atoms with E-state index in [-0.39, 0.29) is 5.41 Å². The highest BCUT2D eigenvalue weighted by molar-refractivity contribution is 7.93. The van der Waals surface area contributed by atoms with E-state index in [1.165, 1.54) is 48.0 Å². The Balaban J connectivity index is 1.53. The van der Waals surface area contributed by atoms with Gasteiger partial charge in [0.15, 0.2) is 0 Å². The Morgan fingerprint density at radius 1 is 1.38 bits per heavy atom. The van der Waals surface area contributed by atoms with E-state index in [1.54, 1.807) is 12.3 Å². The van der Waals surface area contributed by atoms with Crippen LogP contribution in [-0.4, -0.2) is 53.2 Å². The van der Waals surface area contributed by atoms with E-state index in [0.717, 1.165) is 32.0 Å². The second kappa shape index (κ2) is 13.4. The van der Waals surface area contributed by atoms with E-state index in [9.17, 15) is 0 Å². The van der Waals surface area contributed by atoms with Gasteiger partial charge < -0.3 is 4.90 Å². The summed E-state index contributed by atoms with van der Waals surface area (Å²) < 4.78 is 1.17. The number of hydrogen-bond donors (Lipinski definition) is 0. The van der Waals surface area contributed by atoms with Gasteiger partial charge in [-0.3, -0.25) is 5.01 Å². The maximum atomic E-state index is 6.02. The molecule has 3 nitrogen and oxygen atoms in total. The molecule has 1 heterocycles. The van der Waals surface area contributed by atoms with Gasteiger partial charge in [-0.1, -0.05) is 88.4 Å². The van der Waals surface area contributed by atoms with Gasteiger partial charge in [0.1, 0.15) is 0 Å². The Morgan fingerprint density at radius 3 is 2.88 bits per heavy atom. The van der Waals surface area contributed by atoms with Crippen molar-refractivity contribution in [2.24, 2.45) is 16.4 Å². The Morgan fingerprint density at radius 2 is 2.18 bits per heavy atom. The molecule has 1 saturated heterocycles. The van der Waals surface area contributed by atoms with Gasteiger partial charge in [0, 0.05) is 38.6 Å². The quantitative estimate of drug-likeness (QED) is 0.134. The van der Waals surface area contributed by atoms with Crippen molar-refractivity contribution >= 4 is 31.7 Å². The molecule has 1 aromatic carbocycles. The van der Waals surface area contributed by atoms with Crippen LogP contribution in [0.1, 0.15) is 51.5 Å². The molecular weight excluding hydrogens is 453 g/mol. The number of hydrogen-bond acceptors (Lipinski definition) is 3. The molecule has 1 fully saturated rings. The van der Waals surface area contributed by atoms with Gasteiger partial charge in [0.2, 0.25) is 0 Å². The molecule has 0 spiro atoms. The minimum atomic E-state index is 0.253. The monoisotopic (exact) mass is 495 g/mol. The smallest absolute Gasteiger partial charge is 0.0980 e. The number of allylic oxidation sites excluding steroid dienone is 5. The van der Waals surface area contributed by atoms with Crippen LogP contribution in [-0.2, 0) is 6.42 Å². The summed E-state index contributed by atoms with van der Waals surface area (Å²) in [4.78, 5) is 2.50. The zero-order chi connectivity index (χ0) is 24.4. The van der Waals surface area contributed by atoms with Gasteiger partial charge in [-0.25, -0.2) is 0 Å². The maximum Gasteiger partial charge on any atom is 0.0980 e. The van der Waals surface area contributed by atoms with Gasteiger partial charge in [0.25, 0.3) is 0 Å². The van der Waals surface area contributed by atoms with Crippen LogP contribution >= 0.6 is 20.8 Å². The fraction of sp³-hybridized carbons (Fsp3) is 0.517. The summed E-state index contributed by atoms with van der Waals surface area (Å²) in [6, 6.07) is 10.9. The third-order valence-electron chi connectivity index (χ3n) is 7.14. The van der Waals surface area contributed by atoms with Crippen molar-refractivity contribution in [1.29, 1.82) is 0 Å².